The first-order chi connectivity index (χ1) is 8.16. The first kappa shape index (κ1) is 12.0. The van der Waals surface area contributed by atoms with Gasteiger partial charge >= 0.3 is 0 Å². The molecule has 0 aliphatic carbocycles. The largest absolute Gasteiger partial charge is 0.353 e. The van der Waals surface area contributed by atoms with E-state index in [-0.39, 0.29) is 23.7 Å². The van der Waals surface area contributed by atoms with Crippen LogP contribution in [0.4, 0.5) is 4.39 Å². The Balaban J connectivity index is 1.86. The van der Waals surface area contributed by atoms with Crippen LogP contribution in [0.5, 0.6) is 0 Å². The van der Waals surface area contributed by atoms with Crippen LogP contribution in [0, 0.1) is 11.7 Å². The molecule has 1 atom stereocenters. The van der Waals surface area contributed by atoms with Gasteiger partial charge in [0, 0.05) is 19.1 Å². The van der Waals surface area contributed by atoms with Gasteiger partial charge in [0.1, 0.15) is 5.82 Å². The first-order valence-corrected chi connectivity index (χ1v) is 5.91. The van der Waals surface area contributed by atoms with Crippen molar-refractivity contribution >= 4 is 5.91 Å². The van der Waals surface area contributed by atoms with Crippen LogP contribution < -0.4 is 10.6 Å². The number of carbonyl (C=O) groups excluding carboxylic acids is 1. The number of hydrogen-bond donors (Lipinski definition) is 2. The van der Waals surface area contributed by atoms with Crippen molar-refractivity contribution in [2.24, 2.45) is 5.92 Å². The van der Waals surface area contributed by atoms with Crippen LogP contribution in [0.25, 0.3) is 0 Å². The second kappa shape index (κ2) is 5.27. The highest BCUT2D eigenvalue weighted by Crippen LogP contribution is 2.10. The summed E-state index contributed by atoms with van der Waals surface area (Å²) in [4.78, 5) is 11.7. The second-order valence-electron chi connectivity index (χ2n) is 4.56. The second-order valence-corrected chi connectivity index (χ2v) is 4.56. The van der Waals surface area contributed by atoms with E-state index in [1.165, 1.54) is 6.07 Å². The molecule has 1 aliphatic rings. The molecule has 1 aromatic rings. The predicted molar refractivity (Wildman–Crippen MR) is 64.1 cm³/mol. The van der Waals surface area contributed by atoms with Gasteiger partial charge in [-0.1, -0.05) is 18.2 Å². The lowest BCUT2D eigenvalue weighted by Gasteiger charge is -2.27. The Bertz CT molecular complexity index is 404. The molecule has 0 saturated carbocycles. The predicted octanol–water partition coefficient (Wildman–Crippen LogP) is 1.09. The van der Waals surface area contributed by atoms with Crippen LogP contribution in [-0.4, -0.2) is 25.0 Å². The molecule has 92 valence electrons. The van der Waals surface area contributed by atoms with Crippen LogP contribution in [0.3, 0.4) is 0 Å². The Labute approximate surface area is 100 Å². The molecule has 1 heterocycles. The highest BCUT2D eigenvalue weighted by atomic mass is 19.1. The minimum absolute atomic E-state index is 0.0417. The quantitative estimate of drug-likeness (QED) is 0.821. The molecule has 2 rings (SSSR count). The highest BCUT2D eigenvalue weighted by molar-refractivity contribution is 5.80. The van der Waals surface area contributed by atoms with E-state index in [2.05, 4.69) is 10.6 Å². The lowest BCUT2D eigenvalue weighted by atomic mass is 10.0. The lowest BCUT2D eigenvalue weighted by Crippen LogP contribution is -2.52. The van der Waals surface area contributed by atoms with Gasteiger partial charge in [-0.05, 0) is 25.0 Å². The van der Waals surface area contributed by atoms with Crippen molar-refractivity contribution in [1.82, 2.24) is 10.6 Å². The maximum absolute atomic E-state index is 13.4. The van der Waals surface area contributed by atoms with Crippen molar-refractivity contribution in [1.29, 1.82) is 0 Å². The maximum atomic E-state index is 13.4. The lowest BCUT2D eigenvalue weighted by molar-refractivity contribution is -0.127. The molecule has 3 nitrogen and oxygen atoms in total. The third-order valence-corrected chi connectivity index (χ3v) is 3.02. The van der Waals surface area contributed by atoms with Gasteiger partial charge in [0.2, 0.25) is 5.91 Å². The van der Waals surface area contributed by atoms with Crippen molar-refractivity contribution in [3.63, 3.8) is 0 Å². The molecule has 1 saturated heterocycles. The van der Waals surface area contributed by atoms with E-state index in [0.29, 0.717) is 12.0 Å². The van der Waals surface area contributed by atoms with Crippen LogP contribution in [-0.2, 0) is 11.2 Å². The highest BCUT2D eigenvalue weighted by Gasteiger charge is 2.25. The van der Waals surface area contributed by atoms with E-state index in [1.54, 1.807) is 12.1 Å². The monoisotopic (exact) mass is 236 g/mol. The van der Waals surface area contributed by atoms with Gasteiger partial charge in [-0.2, -0.15) is 0 Å². The molecule has 1 fully saturated rings. The smallest absolute Gasteiger partial charge is 0.225 e. The van der Waals surface area contributed by atoms with Crippen molar-refractivity contribution in [2.45, 2.75) is 19.4 Å². The third kappa shape index (κ3) is 3.03. The molecule has 0 radical (unpaired) electrons. The summed E-state index contributed by atoms with van der Waals surface area (Å²) in [7, 11) is 0. The number of hydrogen-bond acceptors (Lipinski definition) is 2. The minimum Gasteiger partial charge on any atom is -0.353 e. The van der Waals surface area contributed by atoms with E-state index in [1.807, 2.05) is 13.0 Å². The van der Waals surface area contributed by atoms with Gasteiger partial charge in [-0.3, -0.25) is 4.79 Å². The van der Waals surface area contributed by atoms with Crippen LogP contribution in [0.1, 0.15) is 12.5 Å². The van der Waals surface area contributed by atoms with E-state index < -0.39 is 0 Å². The fraction of sp³-hybridized carbons (Fsp3) is 0.462. The van der Waals surface area contributed by atoms with Crippen molar-refractivity contribution < 1.29 is 9.18 Å². The fourth-order valence-corrected chi connectivity index (χ4v) is 1.88. The molecule has 0 spiro atoms. The van der Waals surface area contributed by atoms with Gasteiger partial charge in [-0.25, -0.2) is 4.39 Å². The van der Waals surface area contributed by atoms with Crippen molar-refractivity contribution in [3.8, 4) is 0 Å². The Morgan fingerprint density at radius 2 is 2.24 bits per heavy atom. The van der Waals surface area contributed by atoms with Gasteiger partial charge in [0.15, 0.2) is 0 Å². The summed E-state index contributed by atoms with van der Waals surface area (Å²) in [5.74, 6) is -0.0652. The first-order valence-electron chi connectivity index (χ1n) is 5.91. The standard InChI is InChI=1S/C13H17FN2O/c1-9(16-13(17)11-7-15-8-11)6-10-4-2-3-5-12(10)14/h2-5,9,11,15H,6-8H2,1H3,(H,16,17). The molecule has 4 heteroatoms. The minimum atomic E-state index is -0.209. The zero-order chi connectivity index (χ0) is 12.3. The summed E-state index contributed by atoms with van der Waals surface area (Å²) < 4.78 is 13.4. The molecular formula is C13H17FN2O. The van der Waals surface area contributed by atoms with Crippen LogP contribution >= 0.6 is 0 Å². The summed E-state index contributed by atoms with van der Waals surface area (Å²) in [6.07, 6.45) is 0.526. The molecule has 1 aromatic carbocycles. The van der Waals surface area contributed by atoms with Crippen molar-refractivity contribution in [2.75, 3.05) is 13.1 Å². The molecule has 0 bridgehead atoms. The van der Waals surface area contributed by atoms with Gasteiger partial charge < -0.3 is 10.6 Å². The zero-order valence-corrected chi connectivity index (χ0v) is 9.87. The van der Waals surface area contributed by atoms with E-state index in [4.69, 9.17) is 0 Å². The average molecular weight is 236 g/mol. The maximum Gasteiger partial charge on any atom is 0.225 e. The van der Waals surface area contributed by atoms with Gasteiger partial charge in [0.25, 0.3) is 0 Å². The summed E-state index contributed by atoms with van der Waals surface area (Å²) >= 11 is 0. The molecule has 17 heavy (non-hydrogen) atoms. The fourth-order valence-electron chi connectivity index (χ4n) is 1.88. The summed E-state index contributed by atoms with van der Waals surface area (Å²) in [5, 5.41) is 5.97. The number of nitrogens with one attached hydrogen (secondary N) is 2. The third-order valence-electron chi connectivity index (χ3n) is 3.02. The number of carbonyl (C=O) groups is 1. The Morgan fingerprint density at radius 1 is 1.53 bits per heavy atom. The SMILES string of the molecule is CC(Cc1ccccc1F)NC(=O)C1CNC1. The summed E-state index contributed by atoms with van der Waals surface area (Å²) in [6, 6.07) is 6.63. The van der Waals surface area contributed by atoms with Gasteiger partial charge in [-0.15, -0.1) is 0 Å². The summed E-state index contributed by atoms with van der Waals surface area (Å²) in [5.41, 5.74) is 0.645. The van der Waals surface area contributed by atoms with E-state index in [9.17, 15) is 9.18 Å². The van der Waals surface area contributed by atoms with E-state index >= 15 is 0 Å². The Hall–Kier alpha value is -1.42. The molecule has 1 unspecified atom stereocenters. The van der Waals surface area contributed by atoms with Crippen molar-refractivity contribution in [3.05, 3.63) is 35.6 Å². The summed E-state index contributed by atoms with van der Waals surface area (Å²) in [6.45, 7) is 3.40. The van der Waals surface area contributed by atoms with Crippen LogP contribution in [0.15, 0.2) is 24.3 Å². The molecular weight excluding hydrogens is 219 g/mol. The number of benzene rings is 1. The molecule has 1 aliphatic heterocycles. The number of halogens is 1. The average Bonchev–Trinajstić information content (AvgIpc) is 2.18. The zero-order valence-electron chi connectivity index (χ0n) is 9.87. The molecule has 0 aromatic heterocycles. The van der Waals surface area contributed by atoms with Crippen LogP contribution in [0.2, 0.25) is 0 Å². The molecule has 1 amide bonds. The molecule has 2 N–H and O–H groups in total. The number of rotatable bonds is 4. The Morgan fingerprint density at radius 3 is 2.82 bits per heavy atom. The normalized spacial score (nSPS) is 17.3. The van der Waals surface area contributed by atoms with E-state index in [0.717, 1.165) is 13.1 Å². The topological polar surface area (TPSA) is 41.1 Å². The van der Waals surface area contributed by atoms with Gasteiger partial charge in [0.05, 0.1) is 5.92 Å². The Kier molecular flexibility index (Phi) is 3.74. The number of amides is 1.